The maximum absolute atomic E-state index is 12.1. The number of hydrogen-bond donors (Lipinski definition) is 2. The zero-order valence-corrected chi connectivity index (χ0v) is 10.6. The average molecular weight is 293 g/mol. The number of aromatic nitrogens is 2. The minimum Gasteiger partial charge on any atom is -0.382 e. The molecular formula is C11H14F3N3O3. The Kier molecular flexibility index (Phi) is 5.26. The number of aliphatic hydroxyl groups is 1. The van der Waals surface area contributed by atoms with E-state index in [1.54, 1.807) is 6.92 Å². The van der Waals surface area contributed by atoms with Gasteiger partial charge in [0.25, 0.3) is 11.5 Å². The Labute approximate surface area is 112 Å². The number of hydrogen-bond acceptors (Lipinski definition) is 4. The van der Waals surface area contributed by atoms with Gasteiger partial charge in [0, 0.05) is 12.6 Å². The van der Waals surface area contributed by atoms with Crippen LogP contribution in [0.5, 0.6) is 0 Å². The van der Waals surface area contributed by atoms with Crippen molar-refractivity contribution in [1.29, 1.82) is 0 Å². The van der Waals surface area contributed by atoms with Crippen molar-refractivity contribution in [3.8, 4) is 0 Å². The molecule has 1 atom stereocenters. The number of aliphatic hydroxyl groups excluding tert-OH is 1. The fraction of sp³-hybridized carbons (Fsp3) is 0.545. The van der Waals surface area contributed by atoms with E-state index >= 15 is 0 Å². The van der Waals surface area contributed by atoms with Gasteiger partial charge in [-0.25, -0.2) is 4.68 Å². The molecule has 2 N–H and O–H groups in total. The summed E-state index contributed by atoms with van der Waals surface area (Å²) in [7, 11) is 0. The molecule has 0 radical (unpaired) electrons. The normalized spacial score (nSPS) is 13.1. The second-order valence-electron chi connectivity index (χ2n) is 4.05. The number of amides is 1. The molecule has 20 heavy (non-hydrogen) atoms. The molecule has 0 saturated heterocycles. The van der Waals surface area contributed by atoms with Gasteiger partial charge in [-0.2, -0.15) is 18.3 Å². The van der Waals surface area contributed by atoms with E-state index in [1.165, 1.54) is 0 Å². The molecule has 1 aromatic rings. The second-order valence-corrected chi connectivity index (χ2v) is 4.05. The molecule has 0 aromatic carbocycles. The van der Waals surface area contributed by atoms with E-state index < -0.39 is 30.3 Å². The van der Waals surface area contributed by atoms with E-state index in [1.807, 2.05) is 5.32 Å². The molecule has 0 fully saturated rings. The maximum atomic E-state index is 12.1. The summed E-state index contributed by atoms with van der Waals surface area (Å²) in [4.78, 5) is 22.9. The van der Waals surface area contributed by atoms with E-state index in [0.717, 1.165) is 16.8 Å². The van der Waals surface area contributed by atoms with Crippen molar-refractivity contribution < 1.29 is 23.1 Å². The minimum absolute atomic E-state index is 0.188. The van der Waals surface area contributed by atoms with E-state index in [2.05, 4.69) is 5.10 Å². The summed E-state index contributed by atoms with van der Waals surface area (Å²) < 4.78 is 37.2. The molecule has 1 amide bonds. The summed E-state index contributed by atoms with van der Waals surface area (Å²) in [5.74, 6) is -0.891. The van der Waals surface area contributed by atoms with Crippen LogP contribution in [0.1, 0.15) is 23.8 Å². The SMILES string of the molecule is CCCn1nc(C(=O)NCC(O)C(F)(F)F)ccc1=O. The summed E-state index contributed by atoms with van der Waals surface area (Å²) in [6.07, 6.45) is -6.83. The Morgan fingerprint density at radius 3 is 2.70 bits per heavy atom. The van der Waals surface area contributed by atoms with Gasteiger partial charge < -0.3 is 10.4 Å². The third kappa shape index (κ3) is 4.34. The minimum atomic E-state index is -4.80. The Morgan fingerprint density at radius 2 is 2.15 bits per heavy atom. The van der Waals surface area contributed by atoms with Gasteiger partial charge in [0.05, 0.1) is 6.54 Å². The first kappa shape index (κ1) is 16.2. The molecule has 0 saturated carbocycles. The van der Waals surface area contributed by atoms with Crippen molar-refractivity contribution in [2.45, 2.75) is 32.2 Å². The quantitative estimate of drug-likeness (QED) is 0.818. The Balaban J connectivity index is 2.73. The number of halogens is 3. The van der Waals surface area contributed by atoms with E-state index in [-0.39, 0.29) is 5.69 Å². The summed E-state index contributed by atoms with van der Waals surface area (Å²) in [5, 5.41) is 14.4. The van der Waals surface area contributed by atoms with Crippen LogP contribution in [0.2, 0.25) is 0 Å². The van der Waals surface area contributed by atoms with Gasteiger partial charge in [-0.1, -0.05) is 6.92 Å². The highest BCUT2D eigenvalue weighted by molar-refractivity contribution is 5.91. The highest BCUT2D eigenvalue weighted by Gasteiger charge is 2.38. The number of carbonyl (C=O) groups is 1. The van der Waals surface area contributed by atoms with Crippen LogP contribution in [0.25, 0.3) is 0 Å². The molecule has 112 valence electrons. The summed E-state index contributed by atoms with van der Waals surface area (Å²) in [6, 6.07) is 2.22. The summed E-state index contributed by atoms with van der Waals surface area (Å²) in [5.41, 5.74) is -0.592. The molecule has 0 aliphatic heterocycles. The monoisotopic (exact) mass is 293 g/mol. The van der Waals surface area contributed by atoms with Crippen LogP contribution in [0.4, 0.5) is 13.2 Å². The summed E-state index contributed by atoms with van der Waals surface area (Å²) >= 11 is 0. The molecule has 0 spiro atoms. The van der Waals surface area contributed by atoms with Crippen molar-refractivity contribution in [3.05, 3.63) is 28.2 Å². The Morgan fingerprint density at radius 1 is 1.50 bits per heavy atom. The number of aryl methyl sites for hydroxylation is 1. The van der Waals surface area contributed by atoms with Crippen molar-refractivity contribution in [2.75, 3.05) is 6.54 Å². The number of rotatable bonds is 5. The van der Waals surface area contributed by atoms with Crippen LogP contribution >= 0.6 is 0 Å². The average Bonchev–Trinajstić information content (AvgIpc) is 2.37. The van der Waals surface area contributed by atoms with Gasteiger partial charge in [-0.05, 0) is 12.5 Å². The van der Waals surface area contributed by atoms with Crippen LogP contribution < -0.4 is 10.9 Å². The third-order valence-corrected chi connectivity index (χ3v) is 2.37. The third-order valence-electron chi connectivity index (χ3n) is 2.37. The molecule has 1 unspecified atom stereocenters. The molecule has 9 heteroatoms. The van der Waals surface area contributed by atoms with Gasteiger partial charge in [-0.3, -0.25) is 9.59 Å². The fourth-order valence-electron chi connectivity index (χ4n) is 1.34. The zero-order chi connectivity index (χ0) is 15.3. The highest BCUT2D eigenvalue weighted by Crippen LogP contribution is 2.19. The molecule has 0 bridgehead atoms. The lowest BCUT2D eigenvalue weighted by molar-refractivity contribution is -0.201. The Bertz CT molecular complexity index is 528. The maximum Gasteiger partial charge on any atom is 0.416 e. The second kappa shape index (κ2) is 6.51. The van der Waals surface area contributed by atoms with Crippen molar-refractivity contribution in [3.63, 3.8) is 0 Å². The van der Waals surface area contributed by atoms with Gasteiger partial charge in [-0.15, -0.1) is 0 Å². The van der Waals surface area contributed by atoms with Gasteiger partial charge >= 0.3 is 6.18 Å². The first-order chi connectivity index (χ1) is 9.25. The Hall–Kier alpha value is -1.90. The number of carbonyl (C=O) groups excluding carboxylic acids is 1. The van der Waals surface area contributed by atoms with Gasteiger partial charge in [0.2, 0.25) is 0 Å². The predicted molar refractivity (Wildman–Crippen MR) is 63.2 cm³/mol. The lowest BCUT2D eigenvalue weighted by Gasteiger charge is -2.14. The number of nitrogens with zero attached hydrogens (tertiary/aromatic N) is 2. The summed E-state index contributed by atoms with van der Waals surface area (Å²) in [6.45, 7) is 1.13. The number of alkyl halides is 3. The molecule has 6 nitrogen and oxygen atoms in total. The molecule has 1 rings (SSSR count). The molecular weight excluding hydrogens is 279 g/mol. The molecule has 0 aliphatic carbocycles. The largest absolute Gasteiger partial charge is 0.416 e. The molecule has 1 heterocycles. The molecule has 1 aromatic heterocycles. The standard InChI is InChI=1S/C11H14F3N3O3/c1-2-5-17-9(19)4-3-7(16-17)10(20)15-6-8(18)11(12,13)14/h3-4,8,18H,2,5-6H2,1H3,(H,15,20). The fourth-order valence-corrected chi connectivity index (χ4v) is 1.34. The first-order valence-electron chi connectivity index (χ1n) is 5.87. The highest BCUT2D eigenvalue weighted by atomic mass is 19.4. The zero-order valence-electron chi connectivity index (χ0n) is 10.6. The van der Waals surface area contributed by atoms with Crippen molar-refractivity contribution in [2.24, 2.45) is 0 Å². The van der Waals surface area contributed by atoms with Crippen molar-refractivity contribution in [1.82, 2.24) is 15.1 Å². The number of nitrogens with one attached hydrogen (secondary N) is 1. The van der Waals surface area contributed by atoms with Crippen LogP contribution in [0, 0.1) is 0 Å². The first-order valence-corrected chi connectivity index (χ1v) is 5.87. The van der Waals surface area contributed by atoms with E-state index in [9.17, 15) is 22.8 Å². The predicted octanol–water partition coefficient (Wildman–Crippen LogP) is 0.306. The van der Waals surface area contributed by atoms with Crippen LogP contribution in [-0.2, 0) is 6.54 Å². The van der Waals surface area contributed by atoms with Crippen LogP contribution in [0.3, 0.4) is 0 Å². The smallest absolute Gasteiger partial charge is 0.382 e. The lowest BCUT2D eigenvalue weighted by Crippen LogP contribution is -2.41. The topological polar surface area (TPSA) is 84.2 Å². The van der Waals surface area contributed by atoms with E-state index in [0.29, 0.717) is 13.0 Å². The van der Waals surface area contributed by atoms with Crippen LogP contribution in [0.15, 0.2) is 16.9 Å². The van der Waals surface area contributed by atoms with Crippen molar-refractivity contribution >= 4 is 5.91 Å². The van der Waals surface area contributed by atoms with Gasteiger partial charge in [0.1, 0.15) is 5.69 Å². The molecule has 0 aliphatic rings. The van der Waals surface area contributed by atoms with E-state index in [4.69, 9.17) is 5.11 Å². The van der Waals surface area contributed by atoms with Gasteiger partial charge in [0.15, 0.2) is 6.10 Å². The lowest BCUT2D eigenvalue weighted by atomic mass is 10.3. The van der Waals surface area contributed by atoms with Crippen LogP contribution in [-0.4, -0.2) is 39.6 Å².